The highest BCUT2D eigenvalue weighted by Gasteiger charge is 2.29. The smallest absolute Gasteiger partial charge is 0.339 e. The fraction of sp³-hybridized carbons (Fsp3) is 0.444. The topological polar surface area (TPSA) is 91.4 Å². The predicted octanol–water partition coefficient (Wildman–Crippen LogP) is 1.42. The van der Waals surface area contributed by atoms with Crippen LogP contribution in [-0.4, -0.2) is 65.0 Å². The first-order valence-corrected chi connectivity index (χ1v) is 8.67. The summed E-state index contributed by atoms with van der Waals surface area (Å²) >= 11 is 0. The number of carbonyl (C=O) groups is 2. The highest BCUT2D eigenvalue weighted by atomic mass is 16.5. The molecule has 2 aromatic rings. The molecule has 0 radical (unpaired) electrons. The Bertz CT molecular complexity index is 795. The van der Waals surface area contributed by atoms with E-state index in [-0.39, 0.29) is 5.91 Å². The van der Waals surface area contributed by atoms with Gasteiger partial charge in [0.15, 0.2) is 0 Å². The molecule has 8 nitrogen and oxygen atoms in total. The van der Waals surface area contributed by atoms with Crippen molar-refractivity contribution in [2.75, 3.05) is 38.2 Å². The summed E-state index contributed by atoms with van der Waals surface area (Å²) in [7, 11) is 1.35. The van der Waals surface area contributed by atoms with Gasteiger partial charge in [0.05, 0.1) is 12.7 Å². The summed E-state index contributed by atoms with van der Waals surface area (Å²) in [5.41, 5.74) is 2.31. The number of ether oxygens (including phenoxy) is 1. The zero-order valence-corrected chi connectivity index (χ0v) is 15.3. The maximum atomic E-state index is 12.9. The zero-order valence-electron chi connectivity index (χ0n) is 15.3. The quantitative estimate of drug-likeness (QED) is 0.832. The van der Waals surface area contributed by atoms with Crippen LogP contribution in [0.15, 0.2) is 18.5 Å². The third-order valence-electron chi connectivity index (χ3n) is 4.69. The third kappa shape index (κ3) is 3.26. The van der Waals surface area contributed by atoms with Crippen LogP contribution in [0, 0.1) is 6.92 Å². The molecule has 1 saturated heterocycles. The average Bonchev–Trinajstić information content (AvgIpc) is 3.04. The molecule has 138 valence electrons. The van der Waals surface area contributed by atoms with Gasteiger partial charge >= 0.3 is 5.97 Å². The minimum absolute atomic E-state index is 0.0963. The maximum absolute atomic E-state index is 12.9. The van der Waals surface area contributed by atoms with Crippen LogP contribution in [0.25, 0.3) is 0 Å². The van der Waals surface area contributed by atoms with Crippen molar-refractivity contribution in [2.45, 2.75) is 20.3 Å². The summed E-state index contributed by atoms with van der Waals surface area (Å²) in [5.74, 6) is 0.165. The summed E-state index contributed by atoms with van der Waals surface area (Å²) in [6.07, 6.45) is 4.04. The average molecular weight is 357 g/mol. The number of nitrogens with zero attached hydrogens (tertiary/aromatic N) is 4. The van der Waals surface area contributed by atoms with Gasteiger partial charge in [-0.2, -0.15) is 0 Å². The second-order valence-electron chi connectivity index (χ2n) is 6.15. The Morgan fingerprint density at radius 2 is 1.85 bits per heavy atom. The molecule has 0 bridgehead atoms. The van der Waals surface area contributed by atoms with Gasteiger partial charge < -0.3 is 19.5 Å². The molecule has 0 aromatic carbocycles. The van der Waals surface area contributed by atoms with Crippen LogP contribution in [0.3, 0.4) is 0 Å². The molecule has 0 unspecified atom stereocenters. The summed E-state index contributed by atoms with van der Waals surface area (Å²) in [4.78, 5) is 40.5. The van der Waals surface area contributed by atoms with Gasteiger partial charge in [-0.25, -0.2) is 14.8 Å². The van der Waals surface area contributed by atoms with E-state index in [2.05, 4.69) is 19.9 Å². The van der Waals surface area contributed by atoms with Crippen LogP contribution in [0.4, 0.5) is 5.95 Å². The van der Waals surface area contributed by atoms with E-state index in [1.54, 1.807) is 30.3 Å². The van der Waals surface area contributed by atoms with Gasteiger partial charge in [-0.05, 0) is 25.0 Å². The molecule has 0 atom stereocenters. The van der Waals surface area contributed by atoms with Gasteiger partial charge in [0, 0.05) is 44.3 Å². The normalized spacial score (nSPS) is 14.4. The number of methoxy groups -OCH3 is 1. The number of anilines is 1. The molecule has 3 heterocycles. The Kier molecular flexibility index (Phi) is 5.20. The summed E-state index contributed by atoms with van der Waals surface area (Å²) in [6.45, 7) is 6.20. The minimum atomic E-state index is -0.416. The second-order valence-corrected chi connectivity index (χ2v) is 6.15. The summed E-state index contributed by atoms with van der Waals surface area (Å²) in [5, 5.41) is 0. The number of aryl methyl sites for hydroxylation is 1. The monoisotopic (exact) mass is 357 g/mol. The molecule has 8 heteroatoms. The van der Waals surface area contributed by atoms with Crippen LogP contribution < -0.4 is 4.90 Å². The van der Waals surface area contributed by atoms with Crippen LogP contribution >= 0.6 is 0 Å². The van der Waals surface area contributed by atoms with Crippen molar-refractivity contribution < 1.29 is 14.3 Å². The van der Waals surface area contributed by atoms with E-state index >= 15 is 0 Å². The number of hydrogen-bond donors (Lipinski definition) is 1. The van der Waals surface area contributed by atoms with Gasteiger partial charge in [-0.1, -0.05) is 6.92 Å². The SMILES string of the molecule is CCc1[nH]c(C(=O)N2CCN(c3ncccn3)CC2)c(C)c1C(=O)OC. The number of carbonyl (C=O) groups excluding carboxylic acids is 2. The molecule has 1 amide bonds. The first kappa shape index (κ1) is 17.9. The number of esters is 1. The molecule has 1 aliphatic rings. The molecule has 0 saturated carbocycles. The van der Waals surface area contributed by atoms with E-state index in [9.17, 15) is 9.59 Å². The lowest BCUT2D eigenvalue weighted by atomic mass is 10.1. The molecule has 26 heavy (non-hydrogen) atoms. The van der Waals surface area contributed by atoms with Crippen molar-refractivity contribution in [3.63, 3.8) is 0 Å². The molecule has 1 aliphatic heterocycles. The molecule has 0 aliphatic carbocycles. The molecule has 1 fully saturated rings. The highest BCUT2D eigenvalue weighted by Crippen LogP contribution is 2.22. The van der Waals surface area contributed by atoms with Crippen molar-refractivity contribution in [3.8, 4) is 0 Å². The minimum Gasteiger partial charge on any atom is -0.465 e. The van der Waals surface area contributed by atoms with Gasteiger partial charge in [0.1, 0.15) is 5.69 Å². The first-order chi connectivity index (χ1) is 12.6. The van der Waals surface area contributed by atoms with Gasteiger partial charge in [-0.3, -0.25) is 4.79 Å². The Morgan fingerprint density at radius 3 is 2.42 bits per heavy atom. The van der Waals surface area contributed by atoms with Gasteiger partial charge in [-0.15, -0.1) is 0 Å². The van der Waals surface area contributed by atoms with E-state index in [4.69, 9.17) is 4.74 Å². The van der Waals surface area contributed by atoms with E-state index < -0.39 is 5.97 Å². The number of aromatic nitrogens is 3. The fourth-order valence-electron chi connectivity index (χ4n) is 3.24. The van der Waals surface area contributed by atoms with Crippen LogP contribution in [0.2, 0.25) is 0 Å². The van der Waals surface area contributed by atoms with Crippen molar-refractivity contribution in [3.05, 3.63) is 41.0 Å². The van der Waals surface area contributed by atoms with Crippen molar-refractivity contribution >= 4 is 17.8 Å². The van der Waals surface area contributed by atoms with Gasteiger partial charge in [0.25, 0.3) is 5.91 Å². The Balaban J connectivity index is 1.75. The lowest BCUT2D eigenvalue weighted by molar-refractivity contribution is 0.0599. The number of H-pyrrole nitrogens is 1. The fourth-order valence-corrected chi connectivity index (χ4v) is 3.24. The van der Waals surface area contributed by atoms with Crippen LogP contribution in [0.1, 0.15) is 39.0 Å². The van der Waals surface area contributed by atoms with Crippen LogP contribution in [0.5, 0.6) is 0 Å². The van der Waals surface area contributed by atoms with Crippen molar-refractivity contribution in [1.82, 2.24) is 19.9 Å². The number of piperazine rings is 1. The molecule has 2 aromatic heterocycles. The largest absolute Gasteiger partial charge is 0.465 e. The zero-order chi connectivity index (χ0) is 18.7. The molecule has 1 N–H and O–H groups in total. The first-order valence-electron chi connectivity index (χ1n) is 8.67. The summed E-state index contributed by atoms with van der Waals surface area (Å²) < 4.78 is 4.86. The van der Waals surface area contributed by atoms with Gasteiger partial charge in [0.2, 0.25) is 5.95 Å². The highest BCUT2D eigenvalue weighted by molar-refractivity contribution is 6.00. The second kappa shape index (κ2) is 7.55. The molecular formula is C18H23N5O3. The number of rotatable bonds is 4. The van der Waals surface area contributed by atoms with Crippen molar-refractivity contribution in [2.24, 2.45) is 0 Å². The summed E-state index contributed by atoms with van der Waals surface area (Å²) in [6, 6.07) is 1.78. The standard InChI is InChI=1S/C18H23N5O3/c1-4-13-14(17(25)26-3)12(2)15(21-13)16(24)22-8-10-23(11-9-22)18-19-6-5-7-20-18/h5-7,21H,4,8-11H2,1-3H3. The Morgan fingerprint density at radius 1 is 1.19 bits per heavy atom. The number of aromatic amines is 1. The maximum Gasteiger partial charge on any atom is 0.339 e. The lowest BCUT2D eigenvalue weighted by Gasteiger charge is -2.34. The Labute approximate surface area is 152 Å². The molecule has 0 spiro atoms. The third-order valence-corrected chi connectivity index (χ3v) is 4.69. The van der Waals surface area contributed by atoms with E-state index in [0.29, 0.717) is 55.4 Å². The predicted molar refractivity (Wildman–Crippen MR) is 96.4 cm³/mol. The number of hydrogen-bond acceptors (Lipinski definition) is 6. The van der Waals surface area contributed by atoms with E-state index in [0.717, 1.165) is 5.69 Å². The van der Waals surface area contributed by atoms with E-state index in [1.807, 2.05) is 6.92 Å². The van der Waals surface area contributed by atoms with Crippen LogP contribution in [-0.2, 0) is 11.2 Å². The van der Waals surface area contributed by atoms with Crippen molar-refractivity contribution in [1.29, 1.82) is 0 Å². The number of amides is 1. The Hall–Kier alpha value is -2.90. The molecular weight excluding hydrogens is 334 g/mol. The van der Waals surface area contributed by atoms with E-state index in [1.165, 1.54) is 7.11 Å². The number of nitrogens with one attached hydrogen (secondary N) is 1. The lowest BCUT2D eigenvalue weighted by Crippen LogP contribution is -2.49. The molecule has 3 rings (SSSR count).